The topological polar surface area (TPSA) is 29.5 Å². The highest BCUT2D eigenvalue weighted by Crippen LogP contribution is 2.40. The van der Waals surface area contributed by atoms with Gasteiger partial charge in [0.1, 0.15) is 5.75 Å². The van der Waals surface area contributed by atoms with E-state index in [9.17, 15) is 4.79 Å². The lowest BCUT2D eigenvalue weighted by Gasteiger charge is -2.34. The molecule has 0 fully saturated rings. The largest absolute Gasteiger partial charge is 0.479 e. The number of anilines is 2. The van der Waals surface area contributed by atoms with Crippen molar-refractivity contribution >= 4 is 17.3 Å². The summed E-state index contributed by atoms with van der Waals surface area (Å²) in [4.78, 5) is 14.4. The fourth-order valence-corrected chi connectivity index (χ4v) is 2.67. The number of ether oxygens (including phenoxy) is 1. The van der Waals surface area contributed by atoms with Gasteiger partial charge in [-0.3, -0.25) is 9.69 Å². The highest BCUT2D eigenvalue weighted by atomic mass is 16.5. The summed E-state index contributed by atoms with van der Waals surface area (Å²) in [5.74, 6) is 0.725. The Hall–Kier alpha value is -2.29. The molecule has 0 saturated heterocycles. The number of amides is 1. The van der Waals surface area contributed by atoms with E-state index in [1.165, 1.54) is 0 Å². The minimum Gasteiger partial charge on any atom is -0.479 e. The zero-order chi connectivity index (χ0) is 14.3. The highest BCUT2D eigenvalue weighted by Gasteiger charge is 2.33. The van der Waals surface area contributed by atoms with Crippen molar-refractivity contribution in [2.75, 3.05) is 4.90 Å². The fourth-order valence-electron chi connectivity index (χ4n) is 2.67. The molecule has 1 aliphatic heterocycles. The molecule has 0 spiro atoms. The van der Waals surface area contributed by atoms with Crippen molar-refractivity contribution in [1.82, 2.24) is 0 Å². The van der Waals surface area contributed by atoms with Gasteiger partial charge >= 0.3 is 0 Å². The molecule has 0 bridgehead atoms. The third-order valence-corrected chi connectivity index (χ3v) is 3.64. The zero-order valence-corrected chi connectivity index (χ0v) is 11.9. The van der Waals surface area contributed by atoms with Gasteiger partial charge < -0.3 is 4.74 Å². The minimum absolute atomic E-state index is 0.0268. The number of rotatable bonds is 1. The van der Waals surface area contributed by atoms with Gasteiger partial charge in [-0.15, -0.1) is 0 Å². The maximum atomic E-state index is 12.6. The van der Waals surface area contributed by atoms with E-state index in [2.05, 4.69) is 0 Å². The van der Waals surface area contributed by atoms with Crippen molar-refractivity contribution < 1.29 is 9.53 Å². The summed E-state index contributed by atoms with van der Waals surface area (Å²) in [6.07, 6.45) is -0.469. The molecular formula is C17H17NO2. The number of carbonyl (C=O) groups excluding carboxylic acids is 1. The molecule has 20 heavy (non-hydrogen) atoms. The van der Waals surface area contributed by atoms with E-state index < -0.39 is 6.10 Å². The molecule has 3 nitrogen and oxygen atoms in total. The second-order valence-corrected chi connectivity index (χ2v) is 5.14. The molecule has 102 valence electrons. The van der Waals surface area contributed by atoms with Crippen LogP contribution in [0.25, 0.3) is 0 Å². The lowest BCUT2D eigenvalue weighted by atomic mass is 10.0. The average Bonchev–Trinajstić information content (AvgIpc) is 2.42. The van der Waals surface area contributed by atoms with Gasteiger partial charge in [0.2, 0.25) is 0 Å². The lowest BCUT2D eigenvalue weighted by molar-refractivity contribution is -0.124. The molecule has 3 rings (SSSR count). The molecule has 1 heterocycles. The first-order valence-corrected chi connectivity index (χ1v) is 6.75. The van der Waals surface area contributed by atoms with Crippen molar-refractivity contribution in [2.45, 2.75) is 26.9 Å². The minimum atomic E-state index is -0.469. The van der Waals surface area contributed by atoms with Gasteiger partial charge in [0.25, 0.3) is 5.91 Å². The molecule has 0 radical (unpaired) electrons. The van der Waals surface area contributed by atoms with Crippen LogP contribution in [-0.2, 0) is 4.79 Å². The Balaban J connectivity index is 2.24. The predicted octanol–water partition coefficient (Wildman–Crippen LogP) is 3.75. The van der Waals surface area contributed by atoms with Crippen LogP contribution in [0.3, 0.4) is 0 Å². The molecule has 0 saturated carbocycles. The van der Waals surface area contributed by atoms with Crippen LogP contribution in [0.15, 0.2) is 42.5 Å². The van der Waals surface area contributed by atoms with Crippen LogP contribution in [0.5, 0.6) is 5.75 Å². The van der Waals surface area contributed by atoms with Gasteiger partial charge in [-0.05, 0) is 44.0 Å². The number of hydrogen-bond donors (Lipinski definition) is 0. The van der Waals surface area contributed by atoms with Crippen molar-refractivity contribution in [1.29, 1.82) is 0 Å². The Morgan fingerprint density at radius 2 is 1.65 bits per heavy atom. The summed E-state index contributed by atoms with van der Waals surface area (Å²) in [6.45, 7) is 5.84. The SMILES string of the molecule is Cc1cccc(C)c1N1C(=O)C(C)Oc2ccccc21. The molecule has 0 aromatic heterocycles. The van der Waals surface area contributed by atoms with Crippen LogP contribution in [-0.4, -0.2) is 12.0 Å². The maximum absolute atomic E-state index is 12.6. The number of nitrogens with zero attached hydrogens (tertiary/aromatic N) is 1. The first-order chi connectivity index (χ1) is 9.59. The van der Waals surface area contributed by atoms with E-state index in [-0.39, 0.29) is 5.91 Å². The fraction of sp³-hybridized carbons (Fsp3) is 0.235. The van der Waals surface area contributed by atoms with E-state index >= 15 is 0 Å². The summed E-state index contributed by atoms with van der Waals surface area (Å²) >= 11 is 0. The summed E-state index contributed by atoms with van der Waals surface area (Å²) < 4.78 is 5.68. The van der Waals surface area contributed by atoms with Crippen LogP contribution < -0.4 is 9.64 Å². The number of carbonyl (C=O) groups is 1. The Morgan fingerprint density at radius 1 is 1.00 bits per heavy atom. The van der Waals surface area contributed by atoms with Crippen molar-refractivity contribution in [3.05, 3.63) is 53.6 Å². The number of fused-ring (bicyclic) bond motifs is 1. The van der Waals surface area contributed by atoms with Gasteiger partial charge in [-0.25, -0.2) is 0 Å². The molecular weight excluding hydrogens is 250 g/mol. The second-order valence-electron chi connectivity index (χ2n) is 5.14. The molecule has 2 aromatic rings. The van der Waals surface area contributed by atoms with Crippen LogP contribution >= 0.6 is 0 Å². The highest BCUT2D eigenvalue weighted by molar-refractivity contribution is 6.06. The third-order valence-electron chi connectivity index (χ3n) is 3.64. The predicted molar refractivity (Wildman–Crippen MR) is 79.6 cm³/mol. The number of aryl methyl sites for hydroxylation is 2. The first-order valence-electron chi connectivity index (χ1n) is 6.75. The smallest absolute Gasteiger partial charge is 0.272 e. The quantitative estimate of drug-likeness (QED) is 0.787. The Kier molecular flexibility index (Phi) is 2.97. The maximum Gasteiger partial charge on any atom is 0.272 e. The van der Waals surface area contributed by atoms with Gasteiger partial charge in [0, 0.05) is 0 Å². The summed E-state index contributed by atoms with van der Waals surface area (Å²) in [6, 6.07) is 13.7. The van der Waals surface area contributed by atoms with Crippen LogP contribution in [0, 0.1) is 13.8 Å². The first kappa shape index (κ1) is 12.7. The van der Waals surface area contributed by atoms with E-state index in [1.807, 2.05) is 56.3 Å². The van der Waals surface area contributed by atoms with Gasteiger partial charge in [-0.2, -0.15) is 0 Å². The summed E-state index contributed by atoms with van der Waals surface area (Å²) in [7, 11) is 0. The Labute approximate surface area is 118 Å². The number of para-hydroxylation sites is 3. The van der Waals surface area contributed by atoms with Crippen molar-refractivity contribution in [3.63, 3.8) is 0 Å². The van der Waals surface area contributed by atoms with Crippen LogP contribution in [0.2, 0.25) is 0 Å². The molecule has 0 N–H and O–H groups in total. The van der Waals surface area contributed by atoms with Crippen LogP contribution in [0.1, 0.15) is 18.1 Å². The molecule has 1 aliphatic rings. The second kappa shape index (κ2) is 4.67. The Bertz CT molecular complexity index is 658. The van der Waals surface area contributed by atoms with Gasteiger partial charge in [0.15, 0.2) is 6.10 Å². The normalized spacial score (nSPS) is 17.6. The Morgan fingerprint density at radius 3 is 2.35 bits per heavy atom. The summed E-state index contributed by atoms with van der Waals surface area (Å²) in [5, 5.41) is 0. The average molecular weight is 267 g/mol. The van der Waals surface area contributed by atoms with Gasteiger partial charge in [-0.1, -0.05) is 30.3 Å². The van der Waals surface area contributed by atoms with E-state index in [1.54, 1.807) is 11.8 Å². The number of benzene rings is 2. The van der Waals surface area contributed by atoms with Crippen LogP contribution in [0.4, 0.5) is 11.4 Å². The standard InChI is InChI=1S/C17H17NO2/c1-11-7-6-8-12(2)16(11)18-14-9-4-5-10-15(14)20-13(3)17(18)19/h4-10,13H,1-3H3. The number of hydrogen-bond acceptors (Lipinski definition) is 2. The van der Waals surface area contributed by atoms with E-state index in [4.69, 9.17) is 4.74 Å². The molecule has 1 atom stereocenters. The lowest BCUT2D eigenvalue weighted by Crippen LogP contribution is -2.42. The van der Waals surface area contributed by atoms with Crippen molar-refractivity contribution in [2.24, 2.45) is 0 Å². The van der Waals surface area contributed by atoms with E-state index in [0.717, 1.165) is 28.3 Å². The summed E-state index contributed by atoms with van der Waals surface area (Å²) in [5.41, 5.74) is 3.94. The molecule has 1 unspecified atom stereocenters. The molecule has 1 amide bonds. The molecule has 0 aliphatic carbocycles. The van der Waals surface area contributed by atoms with Gasteiger partial charge in [0.05, 0.1) is 11.4 Å². The third kappa shape index (κ3) is 1.86. The van der Waals surface area contributed by atoms with E-state index in [0.29, 0.717) is 0 Å². The monoisotopic (exact) mass is 267 g/mol. The molecule has 2 aromatic carbocycles. The van der Waals surface area contributed by atoms with Crippen molar-refractivity contribution in [3.8, 4) is 5.75 Å². The molecule has 3 heteroatoms. The zero-order valence-electron chi connectivity index (χ0n) is 11.9.